The van der Waals surface area contributed by atoms with Crippen molar-refractivity contribution in [2.45, 2.75) is 51.2 Å². The summed E-state index contributed by atoms with van der Waals surface area (Å²) in [4.78, 5) is 35.1. The van der Waals surface area contributed by atoms with E-state index < -0.39 is 0 Å². The lowest BCUT2D eigenvalue weighted by Gasteiger charge is -2.39. The van der Waals surface area contributed by atoms with Gasteiger partial charge in [-0.1, -0.05) is 50.7 Å². The number of rotatable bonds is 4. The fraction of sp³-hybridized carbons (Fsp3) is 0.478. The highest BCUT2D eigenvalue weighted by Crippen LogP contribution is 2.52. The SMILES string of the molecule is CC1(C)CC2CC(C)(CN2C(=O)CSc2nc3c(cnn3-c3ccccc3)c(=O)[nH]2)C1. The smallest absolute Gasteiger partial charge is 0.262 e. The van der Waals surface area contributed by atoms with Gasteiger partial charge >= 0.3 is 0 Å². The molecule has 0 spiro atoms. The molecule has 3 aromatic rings. The first-order valence-electron chi connectivity index (χ1n) is 10.7. The fourth-order valence-corrected chi connectivity index (χ4v) is 6.43. The topological polar surface area (TPSA) is 83.9 Å². The van der Waals surface area contributed by atoms with Crippen LogP contribution in [0.2, 0.25) is 0 Å². The lowest BCUT2D eigenvalue weighted by molar-refractivity contribution is -0.129. The average molecular weight is 438 g/mol. The van der Waals surface area contributed by atoms with Gasteiger partial charge in [-0.05, 0) is 42.2 Å². The van der Waals surface area contributed by atoms with Crippen LogP contribution in [0.3, 0.4) is 0 Å². The summed E-state index contributed by atoms with van der Waals surface area (Å²) in [5.41, 5.74) is 1.57. The van der Waals surface area contributed by atoms with Gasteiger partial charge in [-0.25, -0.2) is 9.67 Å². The Hall–Kier alpha value is -2.61. The highest BCUT2D eigenvalue weighted by atomic mass is 32.2. The molecule has 7 nitrogen and oxygen atoms in total. The van der Waals surface area contributed by atoms with Crippen molar-refractivity contribution in [1.82, 2.24) is 24.6 Å². The summed E-state index contributed by atoms with van der Waals surface area (Å²) in [5, 5.41) is 5.21. The molecule has 8 heteroatoms. The first kappa shape index (κ1) is 20.3. The number of hydrogen-bond donors (Lipinski definition) is 1. The lowest BCUT2D eigenvalue weighted by Crippen LogP contribution is -2.38. The van der Waals surface area contributed by atoms with Crippen LogP contribution in [0.5, 0.6) is 0 Å². The minimum Gasteiger partial charge on any atom is -0.338 e. The van der Waals surface area contributed by atoms with Crippen LogP contribution in [0, 0.1) is 10.8 Å². The Labute approximate surface area is 185 Å². The van der Waals surface area contributed by atoms with Gasteiger partial charge in [0.2, 0.25) is 5.91 Å². The monoisotopic (exact) mass is 437 g/mol. The number of benzene rings is 1. The molecule has 1 N–H and O–H groups in total. The summed E-state index contributed by atoms with van der Waals surface area (Å²) in [7, 11) is 0. The molecular formula is C23H27N5O2S. The second-order valence-corrected chi connectivity index (χ2v) is 11.0. The van der Waals surface area contributed by atoms with Crippen molar-refractivity contribution in [3.63, 3.8) is 0 Å². The quantitative estimate of drug-likeness (QED) is 0.498. The predicted octanol–water partition coefficient (Wildman–Crippen LogP) is 3.63. The van der Waals surface area contributed by atoms with Crippen LogP contribution in [0.1, 0.15) is 40.0 Å². The van der Waals surface area contributed by atoms with Crippen molar-refractivity contribution in [2.24, 2.45) is 10.8 Å². The van der Waals surface area contributed by atoms with Crippen molar-refractivity contribution >= 4 is 28.7 Å². The van der Waals surface area contributed by atoms with Gasteiger partial charge in [0.25, 0.3) is 5.56 Å². The zero-order valence-electron chi connectivity index (χ0n) is 18.1. The van der Waals surface area contributed by atoms with E-state index in [2.05, 4.69) is 40.7 Å². The summed E-state index contributed by atoms with van der Waals surface area (Å²) in [6.07, 6.45) is 4.82. The number of nitrogens with one attached hydrogen (secondary N) is 1. The van der Waals surface area contributed by atoms with E-state index in [-0.39, 0.29) is 28.0 Å². The molecule has 162 valence electrons. The Morgan fingerprint density at radius 1 is 1.23 bits per heavy atom. The number of para-hydroxylation sites is 1. The first-order valence-corrected chi connectivity index (χ1v) is 11.7. The van der Waals surface area contributed by atoms with Crippen molar-refractivity contribution in [3.8, 4) is 5.69 Å². The molecule has 1 saturated carbocycles. The van der Waals surface area contributed by atoms with Crippen molar-refractivity contribution in [1.29, 1.82) is 0 Å². The molecule has 1 amide bonds. The Balaban J connectivity index is 1.36. The Bertz CT molecular complexity index is 1200. The van der Waals surface area contributed by atoms with Crippen LogP contribution in [0.25, 0.3) is 16.7 Å². The summed E-state index contributed by atoms with van der Waals surface area (Å²) in [6.45, 7) is 7.74. The Kier molecular flexibility index (Phi) is 4.73. The largest absolute Gasteiger partial charge is 0.338 e. The highest BCUT2D eigenvalue weighted by Gasteiger charge is 2.50. The van der Waals surface area contributed by atoms with Gasteiger partial charge in [-0.15, -0.1) is 0 Å². The molecule has 0 radical (unpaired) electrons. The number of carbonyl (C=O) groups excluding carboxylic acids is 1. The van der Waals surface area contributed by atoms with Crippen molar-refractivity contribution in [3.05, 3.63) is 46.9 Å². The molecule has 31 heavy (non-hydrogen) atoms. The standard InChI is InChI=1S/C23H27N5O2S/c1-22(2)9-16-10-23(3,13-22)14-27(16)18(29)12-31-21-25-19-17(20(30)26-21)11-24-28(19)15-7-5-4-6-8-15/h4-8,11,16H,9-10,12-14H2,1-3H3,(H,25,26,30). The Morgan fingerprint density at radius 2 is 2.00 bits per heavy atom. The molecule has 2 atom stereocenters. The number of H-pyrrole nitrogens is 1. The van der Waals surface area contributed by atoms with Gasteiger partial charge in [0, 0.05) is 12.6 Å². The summed E-state index contributed by atoms with van der Waals surface area (Å²) in [5.74, 6) is 0.386. The van der Waals surface area contributed by atoms with Crippen LogP contribution < -0.4 is 5.56 Å². The molecular weight excluding hydrogens is 410 g/mol. The third-order valence-electron chi connectivity index (χ3n) is 6.48. The number of carbonyl (C=O) groups is 1. The van der Waals surface area contributed by atoms with Crippen LogP contribution >= 0.6 is 11.8 Å². The molecule has 1 aromatic carbocycles. The van der Waals surface area contributed by atoms with Gasteiger partial charge in [0.05, 0.1) is 17.6 Å². The highest BCUT2D eigenvalue weighted by molar-refractivity contribution is 7.99. The maximum Gasteiger partial charge on any atom is 0.262 e. The van der Waals surface area contributed by atoms with Crippen LogP contribution in [-0.4, -0.2) is 48.9 Å². The molecule has 2 aliphatic rings. The zero-order valence-corrected chi connectivity index (χ0v) is 18.9. The number of fused-ring (bicyclic) bond motifs is 3. The van der Waals surface area contributed by atoms with Crippen LogP contribution in [0.4, 0.5) is 0 Å². The molecule has 2 aromatic heterocycles. The van der Waals surface area contributed by atoms with E-state index in [1.807, 2.05) is 30.3 Å². The summed E-state index contributed by atoms with van der Waals surface area (Å²) < 4.78 is 1.66. The molecule has 1 aliphatic heterocycles. The van der Waals surface area contributed by atoms with E-state index in [1.54, 1.807) is 4.68 Å². The average Bonchev–Trinajstić information content (AvgIpc) is 3.24. The van der Waals surface area contributed by atoms with Crippen molar-refractivity contribution < 1.29 is 4.79 Å². The number of amides is 1. The molecule has 2 fully saturated rings. The third kappa shape index (κ3) is 3.78. The minimum absolute atomic E-state index is 0.121. The predicted molar refractivity (Wildman–Crippen MR) is 121 cm³/mol. The molecule has 1 saturated heterocycles. The third-order valence-corrected chi connectivity index (χ3v) is 7.34. The second kappa shape index (κ2) is 7.22. The molecule has 1 aliphatic carbocycles. The number of thioether (sulfide) groups is 1. The lowest BCUT2D eigenvalue weighted by atomic mass is 9.65. The second-order valence-electron chi connectivity index (χ2n) is 10.0. The van der Waals surface area contributed by atoms with Gasteiger partial charge < -0.3 is 9.88 Å². The van der Waals surface area contributed by atoms with E-state index in [0.717, 1.165) is 31.5 Å². The van der Waals surface area contributed by atoms with E-state index in [0.29, 0.717) is 22.2 Å². The van der Waals surface area contributed by atoms with E-state index >= 15 is 0 Å². The van der Waals surface area contributed by atoms with E-state index in [1.165, 1.54) is 18.0 Å². The van der Waals surface area contributed by atoms with E-state index in [9.17, 15) is 9.59 Å². The van der Waals surface area contributed by atoms with Gasteiger partial charge in [-0.2, -0.15) is 5.10 Å². The molecule has 5 rings (SSSR count). The van der Waals surface area contributed by atoms with E-state index in [4.69, 9.17) is 0 Å². The minimum atomic E-state index is -0.242. The molecule has 3 heterocycles. The number of aromatic nitrogens is 4. The first-order chi connectivity index (χ1) is 14.7. The zero-order chi connectivity index (χ0) is 21.8. The number of nitrogens with zero attached hydrogens (tertiary/aromatic N) is 4. The fourth-order valence-electron chi connectivity index (χ4n) is 5.69. The number of aromatic amines is 1. The maximum absolute atomic E-state index is 13.1. The van der Waals surface area contributed by atoms with Crippen molar-refractivity contribution in [2.75, 3.05) is 12.3 Å². The Morgan fingerprint density at radius 3 is 2.77 bits per heavy atom. The summed E-state index contributed by atoms with van der Waals surface area (Å²) >= 11 is 1.29. The summed E-state index contributed by atoms with van der Waals surface area (Å²) in [6, 6.07) is 9.91. The molecule has 2 bridgehead atoms. The van der Waals surface area contributed by atoms with Gasteiger partial charge in [-0.3, -0.25) is 9.59 Å². The normalized spacial score (nSPS) is 24.6. The van der Waals surface area contributed by atoms with Gasteiger partial charge in [0.1, 0.15) is 5.39 Å². The molecule has 2 unspecified atom stereocenters. The van der Waals surface area contributed by atoms with Crippen LogP contribution in [0.15, 0.2) is 46.5 Å². The number of hydrogen-bond acceptors (Lipinski definition) is 5. The van der Waals surface area contributed by atoms with Gasteiger partial charge in [0.15, 0.2) is 10.8 Å². The maximum atomic E-state index is 13.1. The number of likely N-dealkylation sites (tertiary alicyclic amines) is 1. The van der Waals surface area contributed by atoms with Crippen LogP contribution in [-0.2, 0) is 4.79 Å².